The molecule has 1 saturated carbocycles. The molecule has 1 fully saturated rings. The third kappa shape index (κ3) is 1.20. The average Bonchev–Trinajstić information content (AvgIpc) is 2.53. The Hall–Kier alpha value is -0.480. The van der Waals surface area contributed by atoms with Crippen molar-refractivity contribution < 1.29 is 8.78 Å². The zero-order valence-electron chi connectivity index (χ0n) is 6.27. The van der Waals surface area contributed by atoms with Gasteiger partial charge in [0, 0.05) is 12.0 Å². The maximum Gasteiger partial charge on any atom is 0.273 e. The molecule has 0 amide bonds. The van der Waals surface area contributed by atoms with Crippen molar-refractivity contribution in [1.29, 1.82) is 0 Å². The highest BCUT2D eigenvalue weighted by Crippen LogP contribution is 2.65. The second-order valence-electron chi connectivity index (χ2n) is 2.92. The van der Waals surface area contributed by atoms with Gasteiger partial charge in [-0.25, -0.2) is 8.78 Å². The molecule has 1 aliphatic rings. The van der Waals surface area contributed by atoms with Crippen LogP contribution in [0.5, 0.6) is 0 Å². The highest BCUT2D eigenvalue weighted by molar-refractivity contribution is 6.33. The van der Waals surface area contributed by atoms with Gasteiger partial charge in [0.15, 0.2) is 5.15 Å². The minimum absolute atomic E-state index is 0.0605. The second kappa shape index (κ2) is 2.51. The van der Waals surface area contributed by atoms with E-state index >= 15 is 0 Å². The van der Waals surface area contributed by atoms with Crippen LogP contribution >= 0.6 is 23.2 Å². The quantitative estimate of drug-likeness (QED) is 0.686. The second-order valence-corrected chi connectivity index (χ2v) is 3.92. The summed E-state index contributed by atoms with van der Waals surface area (Å²) in [5.74, 6) is -2.89. The molecule has 2 nitrogen and oxygen atoms in total. The number of rotatable bonds is 1. The molecule has 0 N–H and O–H groups in total. The zero-order chi connectivity index (χ0) is 9.69. The molecule has 1 heterocycles. The van der Waals surface area contributed by atoms with E-state index in [9.17, 15) is 8.78 Å². The molecular formula is C7H4Cl2F2N2. The maximum absolute atomic E-state index is 12.8. The first-order chi connectivity index (χ1) is 5.97. The third-order valence-corrected chi connectivity index (χ3v) is 2.92. The smallest absolute Gasteiger partial charge is 0.204 e. The summed E-state index contributed by atoms with van der Waals surface area (Å²) in [5.41, 5.74) is 0.149. The summed E-state index contributed by atoms with van der Waals surface area (Å²) in [6.07, 6.45) is 0.896. The van der Waals surface area contributed by atoms with Gasteiger partial charge in [-0.05, 0) is 6.07 Å². The summed E-state index contributed by atoms with van der Waals surface area (Å²) in [4.78, 5) is -1.67. The monoisotopic (exact) mass is 224 g/mol. The number of halogens is 4. The van der Waals surface area contributed by atoms with Gasteiger partial charge in [-0.2, -0.15) is 5.10 Å². The molecule has 6 heteroatoms. The lowest BCUT2D eigenvalue weighted by molar-refractivity contribution is 0.105. The van der Waals surface area contributed by atoms with Crippen LogP contribution in [0.15, 0.2) is 12.3 Å². The van der Waals surface area contributed by atoms with Crippen LogP contribution in [0.1, 0.15) is 12.0 Å². The number of hydrogen-bond acceptors (Lipinski definition) is 2. The fraction of sp³-hybridized carbons (Fsp3) is 0.429. The van der Waals surface area contributed by atoms with Crippen LogP contribution in [0, 0.1) is 0 Å². The van der Waals surface area contributed by atoms with Gasteiger partial charge >= 0.3 is 0 Å². The van der Waals surface area contributed by atoms with Crippen LogP contribution in [0.2, 0.25) is 5.15 Å². The van der Waals surface area contributed by atoms with Gasteiger partial charge < -0.3 is 0 Å². The van der Waals surface area contributed by atoms with Crippen LogP contribution in [0.3, 0.4) is 0 Å². The van der Waals surface area contributed by atoms with Crippen LogP contribution < -0.4 is 0 Å². The fourth-order valence-corrected chi connectivity index (χ4v) is 1.80. The highest BCUT2D eigenvalue weighted by atomic mass is 35.5. The lowest BCUT2D eigenvalue weighted by atomic mass is 10.2. The molecule has 0 aromatic carbocycles. The molecule has 0 radical (unpaired) electrons. The van der Waals surface area contributed by atoms with Gasteiger partial charge in [-0.15, -0.1) is 16.7 Å². The molecule has 1 aliphatic carbocycles. The molecule has 0 saturated heterocycles. The SMILES string of the molecule is FC1(F)CC1(Cl)c1ccnnc1Cl. The van der Waals surface area contributed by atoms with Crippen LogP contribution in [0.4, 0.5) is 8.78 Å². The normalized spacial score (nSPS) is 30.2. The Morgan fingerprint density at radius 2 is 2.08 bits per heavy atom. The maximum atomic E-state index is 12.8. The first-order valence-corrected chi connectivity index (χ1v) is 4.27. The standard InChI is InChI=1S/C7H4Cl2F2N2/c8-5-4(1-2-12-13-5)6(9)3-7(6,10)11/h1-2H,3H2. The van der Waals surface area contributed by atoms with Crippen molar-refractivity contribution in [2.24, 2.45) is 0 Å². The number of aromatic nitrogens is 2. The van der Waals surface area contributed by atoms with Gasteiger partial charge in [-0.3, -0.25) is 0 Å². The lowest BCUT2D eigenvalue weighted by Crippen LogP contribution is -2.10. The molecule has 0 bridgehead atoms. The van der Waals surface area contributed by atoms with E-state index in [1.54, 1.807) is 0 Å². The van der Waals surface area contributed by atoms with Crippen LogP contribution in [-0.2, 0) is 4.87 Å². The number of hydrogen-bond donors (Lipinski definition) is 0. The molecule has 0 aliphatic heterocycles. The van der Waals surface area contributed by atoms with E-state index in [1.165, 1.54) is 12.3 Å². The van der Waals surface area contributed by atoms with E-state index in [2.05, 4.69) is 10.2 Å². The van der Waals surface area contributed by atoms with E-state index in [4.69, 9.17) is 23.2 Å². The van der Waals surface area contributed by atoms with Crippen LogP contribution in [-0.4, -0.2) is 16.1 Å². The molecule has 1 aromatic rings. The first kappa shape index (κ1) is 9.09. The Labute approximate surface area is 82.9 Å². The molecule has 1 unspecified atom stereocenters. The predicted octanol–water partition coefficient (Wildman–Crippen LogP) is 2.60. The Morgan fingerprint density at radius 3 is 2.54 bits per heavy atom. The number of nitrogens with zero attached hydrogens (tertiary/aromatic N) is 2. The van der Waals surface area contributed by atoms with Crippen molar-refractivity contribution in [3.05, 3.63) is 23.0 Å². The van der Waals surface area contributed by atoms with E-state index < -0.39 is 17.2 Å². The van der Waals surface area contributed by atoms with Crippen molar-refractivity contribution in [2.75, 3.05) is 0 Å². The minimum atomic E-state index is -2.89. The Bertz CT molecular complexity index is 358. The Balaban J connectivity index is 2.44. The minimum Gasteiger partial charge on any atom is -0.204 e. The summed E-state index contributed by atoms with van der Waals surface area (Å²) < 4.78 is 25.6. The van der Waals surface area contributed by atoms with Crippen molar-refractivity contribution in [3.63, 3.8) is 0 Å². The highest BCUT2D eigenvalue weighted by Gasteiger charge is 2.72. The first-order valence-electron chi connectivity index (χ1n) is 3.52. The van der Waals surface area contributed by atoms with E-state index in [0.29, 0.717) is 0 Å². The van der Waals surface area contributed by atoms with Crippen molar-refractivity contribution in [3.8, 4) is 0 Å². The van der Waals surface area contributed by atoms with E-state index in [1.807, 2.05) is 0 Å². The Kier molecular flexibility index (Phi) is 1.76. The topological polar surface area (TPSA) is 25.8 Å². The van der Waals surface area contributed by atoms with Crippen molar-refractivity contribution >= 4 is 23.2 Å². The lowest BCUT2D eigenvalue weighted by Gasteiger charge is -2.07. The summed E-state index contributed by atoms with van der Waals surface area (Å²) >= 11 is 11.2. The van der Waals surface area contributed by atoms with Crippen LogP contribution in [0.25, 0.3) is 0 Å². The largest absolute Gasteiger partial charge is 0.273 e. The third-order valence-electron chi connectivity index (χ3n) is 2.02. The van der Waals surface area contributed by atoms with Gasteiger partial charge in [-0.1, -0.05) is 11.6 Å². The number of alkyl halides is 3. The van der Waals surface area contributed by atoms with E-state index in [-0.39, 0.29) is 10.7 Å². The predicted molar refractivity (Wildman–Crippen MR) is 44.1 cm³/mol. The van der Waals surface area contributed by atoms with Gasteiger partial charge in [0.05, 0.1) is 6.20 Å². The van der Waals surface area contributed by atoms with Gasteiger partial charge in [0.25, 0.3) is 5.92 Å². The summed E-state index contributed by atoms with van der Waals surface area (Å²) in [5, 5.41) is 6.84. The zero-order valence-corrected chi connectivity index (χ0v) is 7.78. The van der Waals surface area contributed by atoms with Gasteiger partial charge in [0.2, 0.25) is 0 Å². The summed E-state index contributed by atoms with van der Waals surface area (Å²) in [6, 6.07) is 1.36. The molecular weight excluding hydrogens is 221 g/mol. The summed E-state index contributed by atoms with van der Waals surface area (Å²) in [6.45, 7) is 0. The van der Waals surface area contributed by atoms with Crippen molar-refractivity contribution in [2.45, 2.75) is 17.2 Å². The van der Waals surface area contributed by atoms with Crippen molar-refractivity contribution in [1.82, 2.24) is 10.2 Å². The molecule has 1 atom stereocenters. The molecule has 0 spiro atoms. The molecule has 1 aromatic heterocycles. The molecule has 70 valence electrons. The molecule has 13 heavy (non-hydrogen) atoms. The average molecular weight is 225 g/mol. The summed E-state index contributed by atoms with van der Waals surface area (Å²) in [7, 11) is 0. The fourth-order valence-electron chi connectivity index (χ4n) is 1.16. The van der Waals surface area contributed by atoms with Gasteiger partial charge in [0.1, 0.15) is 4.87 Å². The molecule has 2 rings (SSSR count). The van der Waals surface area contributed by atoms with E-state index in [0.717, 1.165) is 0 Å². The Morgan fingerprint density at radius 1 is 1.46 bits per heavy atom.